The van der Waals surface area contributed by atoms with Gasteiger partial charge in [-0.3, -0.25) is 19.6 Å². The SMILES string of the molecule is COc1ccc(OC)c2c1CN1C(=O)N3COCN4C(=O)N(C2)C1(c1ccccc1)C34c1ccccc1. The lowest BCUT2D eigenvalue weighted by Gasteiger charge is -2.51. The number of amides is 4. The Morgan fingerprint density at radius 2 is 1.03 bits per heavy atom. The Bertz CT molecular complexity index is 1350. The third-order valence-electron chi connectivity index (χ3n) is 8.18. The molecule has 9 heteroatoms. The van der Waals surface area contributed by atoms with E-state index < -0.39 is 11.3 Å². The Balaban J connectivity index is 1.62. The number of benzene rings is 3. The average molecular weight is 499 g/mol. The van der Waals surface area contributed by atoms with Crippen molar-refractivity contribution in [2.45, 2.75) is 24.4 Å². The van der Waals surface area contributed by atoms with Crippen LogP contribution in [-0.4, -0.2) is 59.3 Å². The molecule has 4 heterocycles. The molecule has 9 nitrogen and oxygen atoms in total. The Kier molecular flexibility index (Phi) is 4.54. The highest BCUT2D eigenvalue weighted by molar-refractivity contribution is 5.90. The van der Waals surface area contributed by atoms with E-state index in [-0.39, 0.29) is 38.6 Å². The van der Waals surface area contributed by atoms with Crippen molar-refractivity contribution in [3.05, 3.63) is 95.1 Å². The first-order valence-corrected chi connectivity index (χ1v) is 12.2. The summed E-state index contributed by atoms with van der Waals surface area (Å²) in [5.74, 6) is 1.29. The van der Waals surface area contributed by atoms with Gasteiger partial charge in [0.15, 0.2) is 11.3 Å². The molecule has 0 atom stereocenters. The summed E-state index contributed by atoms with van der Waals surface area (Å²) in [5.41, 5.74) is 1.01. The van der Waals surface area contributed by atoms with E-state index in [9.17, 15) is 9.59 Å². The van der Waals surface area contributed by atoms with Crippen LogP contribution in [0.3, 0.4) is 0 Å². The first kappa shape index (κ1) is 22.0. The Hall–Kier alpha value is -4.24. The normalized spacial score (nSPS) is 25.7. The Morgan fingerprint density at radius 1 is 0.622 bits per heavy atom. The maximum Gasteiger partial charge on any atom is 0.326 e. The molecule has 4 amide bonds. The quantitative estimate of drug-likeness (QED) is 0.547. The minimum Gasteiger partial charge on any atom is -0.496 e. The minimum absolute atomic E-state index is 0.0680. The zero-order valence-corrected chi connectivity index (χ0v) is 20.6. The van der Waals surface area contributed by atoms with E-state index >= 15 is 0 Å². The lowest BCUT2D eigenvalue weighted by Crippen LogP contribution is -2.65. The predicted molar refractivity (Wildman–Crippen MR) is 132 cm³/mol. The molecule has 3 saturated heterocycles. The highest BCUT2D eigenvalue weighted by Crippen LogP contribution is 2.65. The number of carbonyl (C=O) groups is 2. The van der Waals surface area contributed by atoms with Gasteiger partial charge < -0.3 is 14.2 Å². The van der Waals surface area contributed by atoms with Crippen molar-refractivity contribution in [2.75, 3.05) is 27.7 Å². The molecule has 7 rings (SSSR count). The van der Waals surface area contributed by atoms with Crippen LogP contribution in [0.15, 0.2) is 72.8 Å². The van der Waals surface area contributed by atoms with Crippen LogP contribution in [0, 0.1) is 0 Å². The summed E-state index contributed by atoms with van der Waals surface area (Å²) in [6.07, 6.45) is 0. The maximum absolute atomic E-state index is 14.5. The van der Waals surface area contributed by atoms with Gasteiger partial charge in [0.05, 0.1) is 27.3 Å². The van der Waals surface area contributed by atoms with E-state index in [1.54, 1.807) is 24.0 Å². The van der Waals surface area contributed by atoms with Crippen LogP contribution >= 0.6 is 0 Å². The highest BCUT2D eigenvalue weighted by atomic mass is 16.5. The zero-order valence-electron chi connectivity index (χ0n) is 20.6. The van der Waals surface area contributed by atoms with Crippen molar-refractivity contribution in [2.24, 2.45) is 0 Å². The molecule has 0 aromatic heterocycles. The summed E-state index contributed by atoms with van der Waals surface area (Å²) in [5, 5.41) is 0. The van der Waals surface area contributed by atoms with Crippen LogP contribution in [0.2, 0.25) is 0 Å². The molecule has 0 aliphatic carbocycles. The number of rotatable bonds is 4. The maximum atomic E-state index is 14.5. The van der Waals surface area contributed by atoms with Crippen LogP contribution in [-0.2, 0) is 29.2 Å². The van der Waals surface area contributed by atoms with Gasteiger partial charge in [-0.1, -0.05) is 60.7 Å². The molecule has 3 fully saturated rings. The fourth-order valence-corrected chi connectivity index (χ4v) is 6.84. The summed E-state index contributed by atoms with van der Waals surface area (Å²) in [7, 11) is 3.23. The number of urea groups is 2. The van der Waals surface area contributed by atoms with Crippen molar-refractivity contribution in [1.29, 1.82) is 0 Å². The van der Waals surface area contributed by atoms with Crippen molar-refractivity contribution in [3.63, 3.8) is 0 Å². The van der Waals surface area contributed by atoms with Crippen LogP contribution in [0.1, 0.15) is 22.3 Å². The number of ether oxygens (including phenoxy) is 3. The lowest BCUT2D eigenvalue weighted by atomic mass is 9.79. The smallest absolute Gasteiger partial charge is 0.326 e. The summed E-state index contributed by atoms with van der Waals surface area (Å²) in [4.78, 5) is 35.9. The van der Waals surface area contributed by atoms with Crippen LogP contribution < -0.4 is 9.47 Å². The molecular formula is C28H26N4O5. The summed E-state index contributed by atoms with van der Waals surface area (Å²) in [6.45, 7) is 0.593. The minimum atomic E-state index is -1.18. The van der Waals surface area contributed by atoms with Crippen molar-refractivity contribution < 1.29 is 23.8 Å². The molecule has 0 N–H and O–H groups in total. The van der Waals surface area contributed by atoms with E-state index in [2.05, 4.69) is 0 Å². The van der Waals surface area contributed by atoms with Crippen LogP contribution in [0.25, 0.3) is 0 Å². The van der Waals surface area contributed by atoms with Crippen LogP contribution in [0.4, 0.5) is 9.59 Å². The number of hydrogen-bond acceptors (Lipinski definition) is 5. The largest absolute Gasteiger partial charge is 0.496 e. The number of nitrogens with zero attached hydrogens (tertiary/aromatic N) is 4. The van der Waals surface area contributed by atoms with Crippen LogP contribution in [0.5, 0.6) is 11.5 Å². The van der Waals surface area contributed by atoms with Gasteiger partial charge in [0, 0.05) is 22.3 Å². The summed E-state index contributed by atoms with van der Waals surface area (Å²) < 4.78 is 17.4. The fraction of sp³-hybridized carbons (Fsp3) is 0.286. The van der Waals surface area contributed by atoms with Gasteiger partial charge in [-0.15, -0.1) is 0 Å². The second-order valence-electron chi connectivity index (χ2n) is 9.56. The van der Waals surface area contributed by atoms with Gasteiger partial charge in [-0.25, -0.2) is 9.59 Å². The second-order valence-corrected chi connectivity index (χ2v) is 9.56. The predicted octanol–water partition coefficient (Wildman–Crippen LogP) is 3.84. The third kappa shape index (κ3) is 2.42. The molecule has 0 unspecified atom stereocenters. The molecule has 0 spiro atoms. The highest BCUT2D eigenvalue weighted by Gasteiger charge is 2.81. The molecule has 188 valence electrons. The molecular weight excluding hydrogens is 472 g/mol. The number of methoxy groups -OCH3 is 2. The molecule has 37 heavy (non-hydrogen) atoms. The molecule has 0 radical (unpaired) electrons. The molecule has 3 aromatic carbocycles. The van der Waals surface area contributed by atoms with E-state index in [0.717, 1.165) is 22.3 Å². The first-order chi connectivity index (χ1) is 18.1. The van der Waals surface area contributed by atoms with Gasteiger partial charge in [-0.2, -0.15) is 0 Å². The van der Waals surface area contributed by atoms with Gasteiger partial charge in [-0.05, 0) is 12.1 Å². The van der Waals surface area contributed by atoms with Crippen molar-refractivity contribution in [3.8, 4) is 11.5 Å². The zero-order chi connectivity index (χ0) is 25.4. The van der Waals surface area contributed by atoms with Crippen molar-refractivity contribution in [1.82, 2.24) is 19.6 Å². The van der Waals surface area contributed by atoms with E-state index in [4.69, 9.17) is 14.2 Å². The molecule has 0 bridgehead atoms. The monoisotopic (exact) mass is 498 g/mol. The molecule has 4 aliphatic heterocycles. The lowest BCUT2D eigenvalue weighted by molar-refractivity contribution is -0.179. The third-order valence-corrected chi connectivity index (χ3v) is 8.18. The van der Waals surface area contributed by atoms with E-state index in [1.807, 2.05) is 82.6 Å². The molecule has 0 saturated carbocycles. The Morgan fingerprint density at radius 3 is 1.43 bits per heavy atom. The first-order valence-electron chi connectivity index (χ1n) is 12.2. The fourth-order valence-electron chi connectivity index (χ4n) is 6.84. The summed E-state index contributed by atoms with van der Waals surface area (Å²) >= 11 is 0. The number of hydrogen-bond donors (Lipinski definition) is 0. The molecule has 3 aromatic rings. The molecule has 4 aliphatic rings. The van der Waals surface area contributed by atoms with Crippen molar-refractivity contribution >= 4 is 12.1 Å². The second kappa shape index (κ2) is 7.63. The van der Waals surface area contributed by atoms with Gasteiger partial charge in [0.25, 0.3) is 0 Å². The average Bonchev–Trinajstić information content (AvgIpc) is 3.22. The van der Waals surface area contributed by atoms with E-state index in [0.29, 0.717) is 11.5 Å². The standard InChI is InChI=1S/C28H26N4O5/c1-35-23-13-14-24(36-2)22-16-30-26(34)32-18-37-17-31-25(33)29(15-21(22)23)27(30,19-9-5-3-6-10-19)28(31,32)20-11-7-4-8-12-20/h3-14H,15-18H2,1-2H3. The van der Waals surface area contributed by atoms with E-state index in [1.165, 1.54) is 0 Å². The summed E-state index contributed by atoms with van der Waals surface area (Å²) in [6, 6.07) is 22.9. The topological polar surface area (TPSA) is 74.8 Å². The van der Waals surface area contributed by atoms with Gasteiger partial charge in [0.2, 0.25) is 0 Å². The number of carbonyl (C=O) groups excluding carboxylic acids is 2. The Labute approximate surface area is 214 Å². The van der Waals surface area contributed by atoms with Gasteiger partial charge >= 0.3 is 12.1 Å². The number of fused-ring (bicyclic) bond motifs is 1. The van der Waals surface area contributed by atoms with Gasteiger partial charge in [0.1, 0.15) is 25.0 Å².